The second-order valence-electron chi connectivity index (χ2n) is 6.29. The van der Waals surface area contributed by atoms with Gasteiger partial charge in [0.15, 0.2) is 0 Å². The Morgan fingerprint density at radius 1 is 1.00 bits per heavy atom. The lowest BCUT2D eigenvalue weighted by Gasteiger charge is -2.24. The molecule has 0 aliphatic rings. The quantitative estimate of drug-likeness (QED) is 0.663. The van der Waals surface area contributed by atoms with E-state index in [2.05, 4.69) is 5.32 Å². The van der Waals surface area contributed by atoms with E-state index in [0.717, 1.165) is 31.0 Å². The van der Waals surface area contributed by atoms with E-state index in [-0.39, 0.29) is 11.7 Å². The van der Waals surface area contributed by atoms with Crippen LogP contribution in [0, 0.1) is 17.7 Å². The van der Waals surface area contributed by atoms with E-state index in [4.69, 9.17) is 0 Å². The Labute approximate surface area is 123 Å². The van der Waals surface area contributed by atoms with Crippen molar-refractivity contribution in [3.63, 3.8) is 0 Å². The van der Waals surface area contributed by atoms with Crippen molar-refractivity contribution in [1.82, 2.24) is 0 Å². The summed E-state index contributed by atoms with van der Waals surface area (Å²) in [6, 6.07) is 2.44. The summed E-state index contributed by atoms with van der Waals surface area (Å²) in [4.78, 5) is 0. The fourth-order valence-electron chi connectivity index (χ4n) is 2.38. The Bertz CT molecular complexity index is 442. The predicted molar refractivity (Wildman–Crippen MR) is 77.7 cm³/mol. The van der Waals surface area contributed by atoms with Crippen molar-refractivity contribution in [3.8, 4) is 0 Å². The molecule has 1 nitrogen and oxygen atoms in total. The van der Waals surface area contributed by atoms with Crippen molar-refractivity contribution in [1.29, 1.82) is 0 Å². The summed E-state index contributed by atoms with van der Waals surface area (Å²) in [5.74, 6) is 0.116. The van der Waals surface area contributed by atoms with Crippen molar-refractivity contribution in [2.24, 2.45) is 11.8 Å². The first-order valence-electron chi connectivity index (χ1n) is 7.23. The van der Waals surface area contributed by atoms with Crippen molar-refractivity contribution in [2.75, 3.05) is 5.32 Å². The molecule has 0 heterocycles. The zero-order valence-corrected chi connectivity index (χ0v) is 12.9. The zero-order chi connectivity index (χ0) is 16.2. The van der Waals surface area contributed by atoms with Crippen LogP contribution in [0.25, 0.3) is 0 Å². The maximum absolute atomic E-state index is 13.8. The van der Waals surface area contributed by atoms with Crippen LogP contribution >= 0.6 is 0 Å². The van der Waals surface area contributed by atoms with Crippen LogP contribution in [0.4, 0.5) is 23.2 Å². The monoisotopic (exact) mass is 305 g/mol. The van der Waals surface area contributed by atoms with Gasteiger partial charge < -0.3 is 5.32 Å². The Balaban J connectivity index is 2.96. The fourth-order valence-corrected chi connectivity index (χ4v) is 2.38. The summed E-state index contributed by atoms with van der Waals surface area (Å²) in [6.07, 6.45) is -2.89. The summed E-state index contributed by atoms with van der Waals surface area (Å²) >= 11 is 0. The number of nitrogens with one attached hydrogen (secondary N) is 1. The first-order chi connectivity index (χ1) is 9.59. The van der Waals surface area contributed by atoms with E-state index in [0.29, 0.717) is 11.8 Å². The van der Waals surface area contributed by atoms with Crippen LogP contribution in [-0.2, 0) is 6.18 Å². The van der Waals surface area contributed by atoms with Gasteiger partial charge in [-0.25, -0.2) is 4.39 Å². The Hall–Kier alpha value is -1.26. The van der Waals surface area contributed by atoms with Gasteiger partial charge in [-0.2, -0.15) is 13.2 Å². The fraction of sp³-hybridized carbons (Fsp3) is 0.625. The van der Waals surface area contributed by atoms with E-state index in [1.807, 2.05) is 27.7 Å². The first-order valence-corrected chi connectivity index (χ1v) is 7.23. The first kappa shape index (κ1) is 17.8. The minimum Gasteiger partial charge on any atom is -0.380 e. The summed E-state index contributed by atoms with van der Waals surface area (Å²) < 4.78 is 51.9. The van der Waals surface area contributed by atoms with Crippen LogP contribution in [0.1, 0.15) is 46.1 Å². The average molecular weight is 305 g/mol. The average Bonchev–Trinajstić information content (AvgIpc) is 2.28. The number of benzene rings is 1. The Morgan fingerprint density at radius 3 is 1.95 bits per heavy atom. The van der Waals surface area contributed by atoms with Gasteiger partial charge in [-0.3, -0.25) is 0 Å². The highest BCUT2D eigenvalue weighted by Crippen LogP contribution is 2.32. The van der Waals surface area contributed by atoms with Gasteiger partial charge in [0.2, 0.25) is 0 Å². The number of hydrogen-bond donors (Lipinski definition) is 1. The van der Waals surface area contributed by atoms with Gasteiger partial charge in [0, 0.05) is 6.04 Å². The number of hydrogen-bond acceptors (Lipinski definition) is 1. The molecule has 0 radical (unpaired) electrons. The summed E-state index contributed by atoms with van der Waals surface area (Å²) in [5, 5.41) is 2.95. The Kier molecular flexibility index (Phi) is 6.05. The molecular formula is C16H23F4N. The molecule has 1 N–H and O–H groups in total. The molecule has 0 saturated heterocycles. The normalized spacial score (nSPS) is 12.5. The van der Waals surface area contributed by atoms with Crippen LogP contribution in [-0.4, -0.2) is 6.04 Å². The van der Waals surface area contributed by atoms with E-state index in [1.54, 1.807) is 0 Å². The number of anilines is 1. The highest BCUT2D eigenvalue weighted by Gasteiger charge is 2.31. The van der Waals surface area contributed by atoms with Gasteiger partial charge in [0.25, 0.3) is 0 Å². The molecule has 0 amide bonds. The molecule has 0 unspecified atom stereocenters. The third kappa shape index (κ3) is 5.94. The number of halogens is 4. The molecule has 1 aromatic rings. The van der Waals surface area contributed by atoms with Gasteiger partial charge in [0.1, 0.15) is 5.82 Å². The van der Waals surface area contributed by atoms with E-state index < -0.39 is 17.6 Å². The van der Waals surface area contributed by atoms with Gasteiger partial charge in [-0.05, 0) is 42.9 Å². The number of rotatable bonds is 6. The molecular weight excluding hydrogens is 282 g/mol. The van der Waals surface area contributed by atoms with Crippen LogP contribution in [0.3, 0.4) is 0 Å². The molecule has 0 fully saturated rings. The van der Waals surface area contributed by atoms with Crippen molar-refractivity contribution < 1.29 is 17.6 Å². The van der Waals surface area contributed by atoms with Crippen molar-refractivity contribution in [3.05, 3.63) is 29.6 Å². The predicted octanol–water partition coefficient (Wildman–Crippen LogP) is 5.72. The second kappa shape index (κ2) is 7.14. The lowest BCUT2D eigenvalue weighted by atomic mass is 9.95. The molecule has 0 aliphatic heterocycles. The van der Waals surface area contributed by atoms with Gasteiger partial charge in [0.05, 0.1) is 11.3 Å². The molecule has 21 heavy (non-hydrogen) atoms. The van der Waals surface area contributed by atoms with Gasteiger partial charge in [-0.15, -0.1) is 0 Å². The van der Waals surface area contributed by atoms with E-state index in [1.165, 1.54) is 0 Å². The maximum atomic E-state index is 13.8. The van der Waals surface area contributed by atoms with Crippen LogP contribution in [0.5, 0.6) is 0 Å². The largest absolute Gasteiger partial charge is 0.416 e. The molecule has 0 atom stereocenters. The summed E-state index contributed by atoms with van der Waals surface area (Å²) in [7, 11) is 0. The molecule has 0 spiro atoms. The topological polar surface area (TPSA) is 12.0 Å². The standard InChI is InChI=1S/C16H23F4N/c1-10(2)7-13(8-11(3)4)21-15-9-12(16(18,19)20)5-6-14(15)17/h5-6,9-11,13,21H,7-8H2,1-4H3. The smallest absolute Gasteiger partial charge is 0.380 e. The van der Waals surface area contributed by atoms with E-state index in [9.17, 15) is 17.6 Å². The third-order valence-corrected chi connectivity index (χ3v) is 3.17. The van der Waals surface area contributed by atoms with Crippen LogP contribution < -0.4 is 5.32 Å². The minimum absolute atomic E-state index is 0.0389. The van der Waals surface area contributed by atoms with Crippen LogP contribution in [0.15, 0.2) is 18.2 Å². The maximum Gasteiger partial charge on any atom is 0.416 e. The summed E-state index contributed by atoms with van der Waals surface area (Å²) in [6.45, 7) is 8.16. The highest BCUT2D eigenvalue weighted by atomic mass is 19.4. The van der Waals surface area contributed by atoms with Crippen molar-refractivity contribution in [2.45, 2.75) is 52.8 Å². The van der Waals surface area contributed by atoms with Crippen LogP contribution in [0.2, 0.25) is 0 Å². The van der Waals surface area contributed by atoms with Gasteiger partial charge >= 0.3 is 6.18 Å². The third-order valence-electron chi connectivity index (χ3n) is 3.17. The zero-order valence-electron chi connectivity index (χ0n) is 12.9. The van der Waals surface area contributed by atoms with Gasteiger partial charge in [-0.1, -0.05) is 27.7 Å². The molecule has 5 heteroatoms. The lowest BCUT2D eigenvalue weighted by Crippen LogP contribution is -2.24. The van der Waals surface area contributed by atoms with Crippen molar-refractivity contribution >= 4 is 5.69 Å². The molecule has 1 aromatic carbocycles. The highest BCUT2D eigenvalue weighted by molar-refractivity contribution is 5.48. The molecule has 0 aromatic heterocycles. The molecule has 1 rings (SSSR count). The summed E-state index contributed by atoms with van der Waals surface area (Å²) in [5.41, 5.74) is -0.907. The lowest BCUT2D eigenvalue weighted by molar-refractivity contribution is -0.137. The molecule has 0 aliphatic carbocycles. The molecule has 0 saturated carbocycles. The van der Waals surface area contributed by atoms with E-state index >= 15 is 0 Å². The molecule has 0 bridgehead atoms. The molecule has 120 valence electrons. The second-order valence-corrected chi connectivity index (χ2v) is 6.29. The Morgan fingerprint density at radius 2 is 1.52 bits per heavy atom. The minimum atomic E-state index is -4.46. The number of alkyl halides is 3. The SMILES string of the molecule is CC(C)CC(CC(C)C)Nc1cc(C(F)(F)F)ccc1F.